The van der Waals surface area contributed by atoms with Crippen LogP contribution in [0, 0.1) is 10.8 Å². The molecule has 2 aliphatic carbocycles. The SMILES string of the molecule is CCCC(C)(C)C1=[C]([Zr+2][C]2=C(C(C)(C)CCC)C(C)=C(C)C2)CC(C)=C1C.[Cl-].[Cl-]. The van der Waals surface area contributed by atoms with Gasteiger partial charge in [-0.05, 0) is 0 Å². The smallest absolute Gasteiger partial charge is 1.00 e. The number of hydrogen-bond donors (Lipinski definition) is 0. The quantitative estimate of drug-likeness (QED) is 0.466. The first-order valence-electron chi connectivity index (χ1n) is 11.0. The molecule has 0 heterocycles. The average Bonchev–Trinajstić information content (AvgIpc) is 2.96. The summed E-state index contributed by atoms with van der Waals surface area (Å²) in [5.41, 5.74) is 10.7. The molecular formula is C26H42Cl2Zr. The van der Waals surface area contributed by atoms with E-state index < -0.39 is 23.2 Å². The van der Waals surface area contributed by atoms with Crippen molar-refractivity contribution in [3.8, 4) is 0 Å². The van der Waals surface area contributed by atoms with Gasteiger partial charge in [0, 0.05) is 0 Å². The van der Waals surface area contributed by atoms with E-state index in [0.717, 1.165) is 0 Å². The molecule has 164 valence electrons. The van der Waals surface area contributed by atoms with Crippen LogP contribution in [-0.4, -0.2) is 0 Å². The van der Waals surface area contributed by atoms with Gasteiger partial charge in [-0.25, -0.2) is 0 Å². The van der Waals surface area contributed by atoms with Crippen molar-refractivity contribution in [2.75, 3.05) is 0 Å². The van der Waals surface area contributed by atoms with Crippen molar-refractivity contribution < 1.29 is 48.0 Å². The van der Waals surface area contributed by atoms with E-state index in [4.69, 9.17) is 0 Å². The fourth-order valence-electron chi connectivity index (χ4n) is 5.58. The molecule has 0 aromatic heterocycles. The first-order valence-corrected chi connectivity index (χ1v) is 13.5. The minimum atomic E-state index is -0.726. The zero-order valence-corrected chi connectivity index (χ0v) is 24.5. The Bertz CT molecular complexity index is 668. The summed E-state index contributed by atoms with van der Waals surface area (Å²) in [5, 5.41) is 0. The summed E-state index contributed by atoms with van der Waals surface area (Å²) in [6.45, 7) is 24.2. The van der Waals surface area contributed by atoms with Gasteiger partial charge in [-0.3, -0.25) is 0 Å². The van der Waals surface area contributed by atoms with E-state index in [9.17, 15) is 0 Å². The number of hydrogen-bond acceptors (Lipinski definition) is 0. The van der Waals surface area contributed by atoms with Gasteiger partial charge in [-0.2, -0.15) is 0 Å². The molecule has 0 nitrogen and oxygen atoms in total. The van der Waals surface area contributed by atoms with Crippen molar-refractivity contribution in [1.82, 2.24) is 0 Å². The van der Waals surface area contributed by atoms with Crippen LogP contribution in [0.25, 0.3) is 0 Å². The third-order valence-corrected chi connectivity index (χ3v) is 10.5. The van der Waals surface area contributed by atoms with Crippen LogP contribution in [0.4, 0.5) is 0 Å². The molecule has 0 amide bonds. The summed E-state index contributed by atoms with van der Waals surface area (Å²) in [6.07, 6.45) is 7.70. The molecule has 2 rings (SSSR count). The molecule has 0 saturated carbocycles. The Morgan fingerprint density at radius 2 is 0.966 bits per heavy atom. The minimum absolute atomic E-state index is 0. The molecular weight excluding hydrogens is 474 g/mol. The van der Waals surface area contributed by atoms with Gasteiger partial charge in [-0.15, -0.1) is 0 Å². The number of halogens is 2. The van der Waals surface area contributed by atoms with Crippen molar-refractivity contribution in [2.45, 2.75) is 108 Å². The predicted octanol–water partition coefficient (Wildman–Crippen LogP) is 2.72. The van der Waals surface area contributed by atoms with E-state index in [1.165, 1.54) is 38.5 Å². The monoisotopic (exact) mass is 514 g/mol. The van der Waals surface area contributed by atoms with E-state index in [2.05, 4.69) is 69.2 Å². The van der Waals surface area contributed by atoms with E-state index in [-0.39, 0.29) is 24.8 Å². The molecule has 0 aromatic carbocycles. The second-order valence-electron chi connectivity index (χ2n) is 10.3. The second kappa shape index (κ2) is 11.3. The van der Waals surface area contributed by atoms with Crippen LogP contribution in [0.3, 0.4) is 0 Å². The zero-order valence-electron chi connectivity index (χ0n) is 20.5. The van der Waals surface area contributed by atoms with E-state index in [1.807, 2.05) is 6.56 Å². The predicted molar refractivity (Wildman–Crippen MR) is 117 cm³/mol. The summed E-state index contributed by atoms with van der Waals surface area (Å²) in [4.78, 5) is 0. The molecule has 0 fully saturated rings. The summed E-state index contributed by atoms with van der Waals surface area (Å²) in [7, 11) is 0. The molecule has 0 bridgehead atoms. The Labute approximate surface area is 205 Å². The summed E-state index contributed by atoms with van der Waals surface area (Å²) in [5.74, 6) is 0. The molecule has 0 aromatic rings. The molecule has 29 heavy (non-hydrogen) atoms. The van der Waals surface area contributed by atoms with Crippen LogP contribution < -0.4 is 24.8 Å². The fraction of sp³-hybridized carbons (Fsp3) is 0.692. The zero-order chi connectivity index (χ0) is 20.6. The fourth-order valence-corrected chi connectivity index (χ4v) is 11.4. The maximum Gasteiger partial charge on any atom is -1.00 e. The minimum Gasteiger partial charge on any atom is -1.00 e. The molecule has 0 unspecified atom stereocenters. The van der Waals surface area contributed by atoms with E-state index >= 15 is 0 Å². The Morgan fingerprint density at radius 1 is 0.655 bits per heavy atom. The first kappa shape index (κ1) is 29.4. The maximum atomic E-state index is 2.49. The van der Waals surface area contributed by atoms with Crippen LogP contribution in [0.15, 0.2) is 40.0 Å². The largest absolute Gasteiger partial charge is 1.00 e. The molecule has 0 aliphatic heterocycles. The summed E-state index contributed by atoms with van der Waals surface area (Å²) < 4.78 is 3.77. The molecule has 0 atom stereocenters. The van der Waals surface area contributed by atoms with E-state index in [0.29, 0.717) is 10.8 Å². The van der Waals surface area contributed by atoms with E-state index in [1.54, 1.807) is 33.4 Å². The molecule has 0 saturated heterocycles. The Kier molecular flexibility index (Phi) is 11.5. The van der Waals surface area contributed by atoms with Gasteiger partial charge in [0.1, 0.15) is 0 Å². The van der Waals surface area contributed by atoms with Crippen molar-refractivity contribution in [2.24, 2.45) is 10.8 Å². The number of allylic oxidation sites excluding steroid dienone is 8. The topological polar surface area (TPSA) is 0 Å². The van der Waals surface area contributed by atoms with Gasteiger partial charge in [0.25, 0.3) is 0 Å². The molecule has 0 radical (unpaired) electrons. The van der Waals surface area contributed by atoms with Crippen molar-refractivity contribution >= 4 is 0 Å². The third kappa shape index (κ3) is 6.23. The van der Waals surface area contributed by atoms with Crippen LogP contribution in [-0.2, 0) is 23.2 Å². The molecule has 0 spiro atoms. The number of rotatable bonds is 8. The van der Waals surface area contributed by atoms with Gasteiger partial charge in [0.05, 0.1) is 0 Å². The first-order chi connectivity index (χ1) is 12.5. The van der Waals surface area contributed by atoms with Crippen molar-refractivity contribution in [3.05, 3.63) is 40.0 Å². The molecule has 2 aliphatic rings. The third-order valence-electron chi connectivity index (χ3n) is 6.92. The normalized spacial score (nSPS) is 17.7. The second-order valence-corrected chi connectivity index (χ2v) is 13.8. The Balaban J connectivity index is 0.00000392. The van der Waals surface area contributed by atoms with Gasteiger partial charge in [0.15, 0.2) is 0 Å². The summed E-state index contributed by atoms with van der Waals surface area (Å²) >= 11 is -0.726. The average molecular weight is 517 g/mol. The van der Waals surface area contributed by atoms with Crippen molar-refractivity contribution in [3.63, 3.8) is 0 Å². The maximum absolute atomic E-state index is 2.49. The van der Waals surface area contributed by atoms with Gasteiger partial charge in [-0.1, -0.05) is 0 Å². The van der Waals surface area contributed by atoms with Gasteiger partial charge < -0.3 is 24.8 Å². The molecule has 3 heteroatoms. The van der Waals surface area contributed by atoms with Crippen LogP contribution in [0.2, 0.25) is 0 Å². The molecule has 0 N–H and O–H groups in total. The Morgan fingerprint density at radius 3 is 1.24 bits per heavy atom. The van der Waals surface area contributed by atoms with Crippen molar-refractivity contribution in [1.29, 1.82) is 0 Å². The standard InChI is InChI=1S/2C13H21.2ClH.Zr/c2*1-6-9-13(4,5)12-8-7-10(2)11(12)3;;;/h2*6-7,9H2,1-5H3;2*1H;/q;;;;+2/p-2. The van der Waals surface area contributed by atoms with Crippen LogP contribution >= 0.6 is 0 Å². The van der Waals surface area contributed by atoms with Crippen LogP contribution in [0.1, 0.15) is 108 Å². The Hall–Kier alpha value is 0.423. The van der Waals surface area contributed by atoms with Gasteiger partial charge in [0.2, 0.25) is 0 Å². The van der Waals surface area contributed by atoms with Gasteiger partial charge >= 0.3 is 182 Å². The summed E-state index contributed by atoms with van der Waals surface area (Å²) in [6, 6.07) is 0. The van der Waals surface area contributed by atoms with Crippen LogP contribution in [0.5, 0.6) is 0 Å².